The molecule has 16 heteroatoms. The highest BCUT2D eigenvalue weighted by molar-refractivity contribution is 5.74. The summed E-state index contributed by atoms with van der Waals surface area (Å²) in [5, 5.41) is 42.0. The molecule has 0 atom stereocenters. The second kappa shape index (κ2) is 18.3. The van der Waals surface area contributed by atoms with Crippen LogP contribution in [0.1, 0.15) is 0 Å². The highest BCUT2D eigenvalue weighted by atomic mass is 16.5. The number of benzene rings is 5. The number of aromatic nitrogens is 7. The lowest BCUT2D eigenvalue weighted by molar-refractivity contribution is 0.407. The van der Waals surface area contributed by atoms with Crippen LogP contribution in [0, 0.1) is 0 Å². The molecule has 0 aliphatic heterocycles. The Morgan fingerprint density at radius 3 is 0.968 bits per heavy atom. The zero-order chi connectivity index (χ0) is 43.9. The molecule has 0 saturated carbocycles. The molecule has 0 bridgehead atoms. The van der Waals surface area contributed by atoms with E-state index in [4.69, 9.17) is 23.7 Å². The maximum atomic E-state index is 10.5. The van der Waals surface area contributed by atoms with Gasteiger partial charge in [0.05, 0.1) is 63.5 Å². The van der Waals surface area contributed by atoms with Gasteiger partial charge in [-0.15, -0.1) is 0 Å². The van der Waals surface area contributed by atoms with E-state index in [2.05, 4.69) is 29.9 Å². The number of phenolic OH excluding ortho intramolecular Hbond substituents is 4. The molecule has 3 heterocycles. The van der Waals surface area contributed by atoms with E-state index in [9.17, 15) is 20.4 Å². The molecule has 0 aliphatic carbocycles. The largest absolute Gasteiger partial charge is 0.507 e. The fourth-order valence-electron chi connectivity index (χ4n) is 6.22. The third kappa shape index (κ3) is 8.93. The molecule has 4 N–H and O–H groups in total. The van der Waals surface area contributed by atoms with Crippen LogP contribution in [-0.4, -0.2) is 90.4 Å². The molecule has 8 aromatic rings. The molecular formula is C46H41N7O9. The summed E-state index contributed by atoms with van der Waals surface area (Å²) in [5.74, 6) is 4.42. The minimum atomic E-state index is -0.0406. The lowest BCUT2D eigenvalue weighted by Crippen LogP contribution is -2.03. The van der Waals surface area contributed by atoms with E-state index < -0.39 is 0 Å². The molecule has 0 radical (unpaired) electrons. The highest BCUT2D eigenvalue weighted by Crippen LogP contribution is 2.37. The number of ether oxygens (including phenoxy) is 5. The molecule has 5 aromatic carbocycles. The summed E-state index contributed by atoms with van der Waals surface area (Å²) in [5.41, 5.74) is 3.12. The molecule has 0 unspecified atom stereocenters. The van der Waals surface area contributed by atoms with Gasteiger partial charge in [0.25, 0.3) is 0 Å². The Morgan fingerprint density at radius 2 is 0.677 bits per heavy atom. The summed E-state index contributed by atoms with van der Waals surface area (Å²) < 4.78 is 27.7. The first kappa shape index (κ1) is 41.7. The van der Waals surface area contributed by atoms with Crippen LogP contribution in [0.3, 0.4) is 0 Å². The van der Waals surface area contributed by atoms with Crippen LogP contribution in [0.5, 0.6) is 51.7 Å². The van der Waals surface area contributed by atoms with Gasteiger partial charge in [0, 0.05) is 43.1 Å². The van der Waals surface area contributed by atoms with E-state index in [1.165, 1.54) is 52.7 Å². The Labute approximate surface area is 356 Å². The zero-order valence-corrected chi connectivity index (χ0v) is 34.4. The van der Waals surface area contributed by atoms with Crippen LogP contribution in [0.15, 0.2) is 115 Å². The van der Waals surface area contributed by atoms with E-state index in [-0.39, 0.29) is 46.3 Å². The smallest absolute Gasteiger partial charge is 0.180 e. The van der Waals surface area contributed by atoms with Crippen molar-refractivity contribution in [3.63, 3.8) is 0 Å². The summed E-state index contributed by atoms with van der Waals surface area (Å²) in [4.78, 5) is 27.3. The number of rotatable bonds is 11. The lowest BCUT2D eigenvalue weighted by Gasteiger charge is -2.11. The number of nitrogens with zero attached hydrogens (tertiary/aromatic N) is 7. The Morgan fingerprint density at radius 1 is 0.371 bits per heavy atom. The molecule has 0 amide bonds. The van der Waals surface area contributed by atoms with E-state index in [1.807, 2.05) is 42.1 Å². The molecule has 0 spiro atoms. The summed E-state index contributed by atoms with van der Waals surface area (Å²) in [6.07, 6.45) is 1.88. The van der Waals surface area contributed by atoms with Crippen molar-refractivity contribution in [2.45, 2.75) is 0 Å². The first-order valence-electron chi connectivity index (χ1n) is 18.8. The number of hydrogen-bond donors (Lipinski definition) is 4. The topological polar surface area (TPSA) is 209 Å². The second-order valence-corrected chi connectivity index (χ2v) is 13.4. The fraction of sp³-hybridized carbons (Fsp3) is 0.130. The SMILES string of the molecule is COc1ccc(-c2nc(-c3ccc(OC)cc3O)nc(-c3ccc(OC)cc3O)n2)cc1.COc1ccc(-c2nc(-c3ccc(OC)cc3O)nc(-c3cccn3C)n2)c(O)c1. The monoisotopic (exact) mass is 835 g/mol. The van der Waals surface area contributed by atoms with Crippen molar-refractivity contribution in [3.05, 3.63) is 115 Å². The highest BCUT2D eigenvalue weighted by Gasteiger charge is 2.20. The predicted molar refractivity (Wildman–Crippen MR) is 231 cm³/mol. The molecule has 62 heavy (non-hydrogen) atoms. The predicted octanol–water partition coefficient (Wildman–Crippen LogP) is 7.95. The van der Waals surface area contributed by atoms with Crippen LogP contribution in [0.4, 0.5) is 0 Å². The Hall–Kier alpha value is -8.40. The van der Waals surface area contributed by atoms with Gasteiger partial charge in [0.2, 0.25) is 0 Å². The first-order chi connectivity index (χ1) is 30.0. The third-order valence-electron chi connectivity index (χ3n) is 9.58. The average molecular weight is 836 g/mol. The quantitative estimate of drug-likeness (QED) is 0.0974. The zero-order valence-electron chi connectivity index (χ0n) is 34.4. The van der Waals surface area contributed by atoms with Gasteiger partial charge in [-0.05, 0) is 84.9 Å². The van der Waals surface area contributed by atoms with E-state index in [1.54, 1.807) is 67.8 Å². The lowest BCUT2D eigenvalue weighted by atomic mass is 10.1. The summed E-state index contributed by atoms with van der Waals surface area (Å²) in [7, 11) is 9.56. The van der Waals surface area contributed by atoms with Crippen LogP contribution >= 0.6 is 0 Å². The van der Waals surface area contributed by atoms with Crippen LogP contribution in [0.2, 0.25) is 0 Å². The molecule has 0 saturated heterocycles. The maximum absolute atomic E-state index is 10.5. The van der Waals surface area contributed by atoms with Crippen molar-refractivity contribution in [1.29, 1.82) is 0 Å². The standard InChI is InChI=1S/C24H21N3O5.C22H20N4O4/c1-30-15-6-4-14(5-7-15)22-25-23(18-10-8-16(31-2)12-20(18)28)27-24(26-22)19-11-9-17(32-3)13-21(19)29;1-26-10-4-5-17(26)22-24-20(15-8-6-13(29-2)11-18(15)27)23-21(25-22)16-9-7-14(30-3)12-19(16)28/h4-13,28-29H,1-3H3;4-12,27-28H,1-3H3. The van der Waals surface area contributed by atoms with Gasteiger partial charge in [0.1, 0.15) is 51.7 Å². The van der Waals surface area contributed by atoms with Crippen LogP contribution in [0.25, 0.3) is 68.5 Å². The Balaban J connectivity index is 0.000000187. The van der Waals surface area contributed by atoms with Crippen molar-refractivity contribution >= 4 is 0 Å². The molecule has 3 aromatic heterocycles. The molecular weight excluding hydrogens is 795 g/mol. The maximum Gasteiger partial charge on any atom is 0.180 e. The molecule has 0 fully saturated rings. The van der Waals surface area contributed by atoms with E-state index >= 15 is 0 Å². The molecule has 8 rings (SSSR count). The minimum Gasteiger partial charge on any atom is -0.507 e. The van der Waals surface area contributed by atoms with E-state index in [0.29, 0.717) is 62.7 Å². The molecule has 314 valence electrons. The van der Waals surface area contributed by atoms with Gasteiger partial charge in [0.15, 0.2) is 34.9 Å². The van der Waals surface area contributed by atoms with Gasteiger partial charge in [-0.1, -0.05) is 0 Å². The number of phenols is 4. The normalized spacial score (nSPS) is 10.7. The third-order valence-corrected chi connectivity index (χ3v) is 9.58. The Bertz CT molecular complexity index is 2720. The number of hydrogen-bond acceptors (Lipinski definition) is 15. The van der Waals surface area contributed by atoms with Crippen LogP contribution < -0.4 is 23.7 Å². The van der Waals surface area contributed by atoms with Gasteiger partial charge >= 0.3 is 0 Å². The van der Waals surface area contributed by atoms with Gasteiger partial charge < -0.3 is 48.7 Å². The van der Waals surface area contributed by atoms with Gasteiger partial charge in [-0.3, -0.25) is 0 Å². The fourth-order valence-corrected chi connectivity index (χ4v) is 6.22. The number of aromatic hydroxyl groups is 4. The van der Waals surface area contributed by atoms with Crippen LogP contribution in [-0.2, 0) is 7.05 Å². The van der Waals surface area contributed by atoms with Crippen molar-refractivity contribution in [2.75, 3.05) is 35.5 Å². The average Bonchev–Trinajstić information content (AvgIpc) is 3.74. The first-order valence-corrected chi connectivity index (χ1v) is 18.8. The van der Waals surface area contributed by atoms with Crippen molar-refractivity contribution in [3.8, 4) is 120 Å². The summed E-state index contributed by atoms with van der Waals surface area (Å²) in [6.45, 7) is 0. The summed E-state index contributed by atoms with van der Waals surface area (Å²) >= 11 is 0. The molecule has 16 nitrogen and oxygen atoms in total. The van der Waals surface area contributed by atoms with Gasteiger partial charge in [-0.25, -0.2) is 29.9 Å². The minimum absolute atomic E-state index is 0.0247. The number of methoxy groups -OCH3 is 5. The summed E-state index contributed by atoms with van der Waals surface area (Å²) in [6, 6.07) is 30.5. The van der Waals surface area contributed by atoms with Gasteiger partial charge in [-0.2, -0.15) is 0 Å². The second-order valence-electron chi connectivity index (χ2n) is 13.4. The van der Waals surface area contributed by atoms with Crippen molar-refractivity contribution in [2.24, 2.45) is 7.05 Å². The van der Waals surface area contributed by atoms with Crippen molar-refractivity contribution < 1.29 is 44.1 Å². The van der Waals surface area contributed by atoms with E-state index in [0.717, 1.165) is 11.3 Å². The Kier molecular flexibility index (Phi) is 12.3. The number of aryl methyl sites for hydroxylation is 1. The molecule has 0 aliphatic rings. The van der Waals surface area contributed by atoms with Crippen molar-refractivity contribution in [1.82, 2.24) is 34.5 Å².